The summed E-state index contributed by atoms with van der Waals surface area (Å²) in [7, 11) is 3.73. The number of fused-ring (bicyclic) bond motifs is 3. The lowest BCUT2D eigenvalue weighted by molar-refractivity contribution is -0.874. The maximum Gasteiger partial charge on any atom is 0.417 e. The molecular weight excluding hydrogens is 402 g/mol. The van der Waals surface area contributed by atoms with Gasteiger partial charge in [-0.1, -0.05) is 31.5 Å². The Hall–Kier alpha value is -2.28. The summed E-state index contributed by atoms with van der Waals surface area (Å²) < 4.78 is 5.33. The van der Waals surface area contributed by atoms with Crippen molar-refractivity contribution in [3.05, 3.63) is 58.8 Å². The molecule has 1 saturated heterocycles. The predicted octanol–water partition coefficient (Wildman–Crippen LogP) is 5.05. The third-order valence-corrected chi connectivity index (χ3v) is 6.48. The fourth-order valence-corrected chi connectivity index (χ4v) is 5.22. The van der Waals surface area contributed by atoms with Gasteiger partial charge in [-0.25, -0.2) is 4.79 Å². The molecule has 2 heterocycles. The molecule has 1 unspecified atom stereocenters. The van der Waals surface area contributed by atoms with Crippen LogP contribution in [0.2, 0.25) is 0 Å². The molecule has 1 fully saturated rings. The van der Waals surface area contributed by atoms with Crippen molar-refractivity contribution in [3.8, 4) is 5.75 Å². The van der Waals surface area contributed by atoms with E-state index in [0.29, 0.717) is 12.3 Å². The average molecular weight is 432 g/mol. The van der Waals surface area contributed by atoms with Crippen molar-refractivity contribution in [1.82, 2.24) is 0 Å². The van der Waals surface area contributed by atoms with Gasteiger partial charge >= 0.3 is 6.09 Å². The van der Waals surface area contributed by atoms with Crippen LogP contribution in [0.15, 0.2) is 42.5 Å². The van der Waals surface area contributed by atoms with Gasteiger partial charge in [-0.15, -0.1) is 12.4 Å². The molecule has 0 radical (unpaired) electrons. The first kappa shape index (κ1) is 22.4. The molecule has 1 N–H and O–H groups in total. The van der Waals surface area contributed by atoms with Crippen molar-refractivity contribution in [1.29, 1.82) is 0 Å². The number of hydrogen-bond acceptors (Lipinski definition) is 4. The van der Waals surface area contributed by atoms with E-state index in [1.807, 2.05) is 43.4 Å². The molecule has 2 aromatic carbocycles. The highest BCUT2D eigenvalue weighted by Gasteiger charge is 2.58. The first-order valence-electron chi connectivity index (χ1n) is 10.3. The van der Waals surface area contributed by atoms with Crippen molar-refractivity contribution in [3.63, 3.8) is 0 Å². The molecule has 2 aliphatic heterocycles. The summed E-state index contributed by atoms with van der Waals surface area (Å²) in [6, 6.07) is 13.5. The number of nitrogens with zero attached hydrogens (tertiary/aromatic N) is 2. The summed E-state index contributed by atoms with van der Waals surface area (Å²) >= 11 is 0. The number of likely N-dealkylation sites (N-methyl/N-ethyl adjacent to an activating group) is 2. The Morgan fingerprint density at radius 2 is 2.07 bits per heavy atom. The SMILES string of the molecule is CCCc1ccccc1NC(=O)Oc1ccc2c(c1)[C@]1(C)CC[N+](C)([O-])[C@@H]1N2C.Cl. The number of hydrogen-bond donors (Lipinski definition) is 1. The van der Waals surface area contributed by atoms with Crippen molar-refractivity contribution < 1.29 is 14.2 Å². The van der Waals surface area contributed by atoms with E-state index in [0.717, 1.165) is 41.8 Å². The Labute approximate surface area is 184 Å². The number of quaternary nitrogens is 1. The number of benzene rings is 2. The molecule has 2 aromatic rings. The molecule has 162 valence electrons. The van der Waals surface area contributed by atoms with Crippen molar-refractivity contribution in [2.45, 2.75) is 44.7 Å². The van der Waals surface area contributed by atoms with Crippen molar-refractivity contribution in [2.75, 3.05) is 30.9 Å². The Kier molecular flexibility index (Phi) is 6.05. The molecule has 0 aliphatic carbocycles. The normalized spacial score (nSPS) is 26.6. The molecule has 2 aliphatic rings. The van der Waals surface area contributed by atoms with Gasteiger partial charge in [0.2, 0.25) is 0 Å². The number of aryl methyl sites for hydroxylation is 1. The molecule has 30 heavy (non-hydrogen) atoms. The number of ether oxygens (including phenoxy) is 1. The monoisotopic (exact) mass is 431 g/mol. The van der Waals surface area contributed by atoms with E-state index in [1.54, 1.807) is 13.1 Å². The molecule has 4 rings (SSSR count). The van der Waals surface area contributed by atoms with Crippen LogP contribution in [0.4, 0.5) is 16.2 Å². The highest BCUT2D eigenvalue weighted by atomic mass is 35.5. The van der Waals surface area contributed by atoms with Gasteiger partial charge < -0.3 is 19.5 Å². The molecule has 0 aromatic heterocycles. The van der Waals surface area contributed by atoms with Gasteiger partial charge in [-0.3, -0.25) is 5.32 Å². The second-order valence-corrected chi connectivity index (χ2v) is 8.65. The lowest BCUT2D eigenvalue weighted by atomic mass is 9.81. The van der Waals surface area contributed by atoms with E-state index >= 15 is 0 Å². The minimum absolute atomic E-state index is 0. The highest BCUT2D eigenvalue weighted by Crippen LogP contribution is 2.54. The van der Waals surface area contributed by atoms with E-state index < -0.39 is 6.09 Å². The standard InChI is InChI=1S/C23H29N3O3.ClH/c1-5-8-16-9-6-7-10-19(16)24-22(27)29-17-11-12-20-18(15-17)23(2)13-14-26(4,28)21(23)25(20)3;/h6-7,9-12,15,21H,5,8,13-14H2,1-4H3,(H,24,27);1H/t21-,23-,26?;/m0./s1. The van der Waals surface area contributed by atoms with Crippen LogP contribution in [0.3, 0.4) is 0 Å². The van der Waals surface area contributed by atoms with Gasteiger partial charge in [0.25, 0.3) is 0 Å². The van der Waals surface area contributed by atoms with Gasteiger partial charge in [-0.05, 0) is 48.7 Å². The van der Waals surface area contributed by atoms with Gasteiger partial charge in [0.15, 0.2) is 6.17 Å². The first-order chi connectivity index (χ1) is 13.8. The average Bonchev–Trinajstić information content (AvgIpc) is 3.05. The summed E-state index contributed by atoms with van der Waals surface area (Å²) in [5.74, 6) is 0.497. The molecule has 0 bridgehead atoms. The number of halogens is 1. The molecule has 0 spiro atoms. The topological polar surface area (TPSA) is 64.6 Å². The Morgan fingerprint density at radius 1 is 1.33 bits per heavy atom. The lowest BCUT2D eigenvalue weighted by Gasteiger charge is -2.44. The number of anilines is 2. The van der Waals surface area contributed by atoms with Crippen LogP contribution in [-0.2, 0) is 11.8 Å². The van der Waals surface area contributed by atoms with E-state index in [4.69, 9.17) is 4.74 Å². The number of para-hydroxylation sites is 1. The Bertz CT molecular complexity index is 949. The van der Waals surface area contributed by atoms with E-state index in [-0.39, 0.29) is 28.6 Å². The van der Waals surface area contributed by atoms with Crippen LogP contribution in [0.25, 0.3) is 0 Å². The fraction of sp³-hybridized carbons (Fsp3) is 0.435. The van der Waals surface area contributed by atoms with Crippen LogP contribution in [0.1, 0.15) is 37.8 Å². The summed E-state index contributed by atoms with van der Waals surface area (Å²) in [6.07, 6.45) is 2.06. The minimum atomic E-state index is -0.502. The van der Waals surface area contributed by atoms with Crippen LogP contribution < -0.4 is 15.0 Å². The molecule has 7 heteroatoms. The maximum absolute atomic E-state index is 13.0. The molecule has 3 atom stereocenters. The lowest BCUT2D eigenvalue weighted by Crippen LogP contribution is -2.54. The van der Waals surface area contributed by atoms with Gasteiger partial charge in [-0.2, -0.15) is 0 Å². The second kappa shape index (κ2) is 8.10. The van der Waals surface area contributed by atoms with E-state index in [1.165, 1.54) is 0 Å². The number of carbonyl (C=O) groups excluding carboxylic acids is 1. The third kappa shape index (κ3) is 3.64. The number of carbonyl (C=O) groups is 1. The quantitative estimate of drug-likeness (QED) is 0.543. The zero-order valence-electron chi connectivity index (χ0n) is 18.0. The Morgan fingerprint density at radius 3 is 2.80 bits per heavy atom. The van der Waals surface area contributed by atoms with Gasteiger partial charge in [0, 0.05) is 24.8 Å². The largest absolute Gasteiger partial charge is 0.631 e. The zero-order chi connectivity index (χ0) is 20.8. The molecular formula is C23H30ClN3O3. The number of rotatable bonds is 4. The highest BCUT2D eigenvalue weighted by molar-refractivity contribution is 5.87. The summed E-state index contributed by atoms with van der Waals surface area (Å²) in [5.41, 5.74) is 3.75. The first-order valence-corrected chi connectivity index (χ1v) is 10.3. The van der Waals surface area contributed by atoms with E-state index in [9.17, 15) is 10.0 Å². The minimum Gasteiger partial charge on any atom is -0.631 e. The molecule has 0 saturated carbocycles. The smallest absolute Gasteiger partial charge is 0.417 e. The van der Waals surface area contributed by atoms with Crippen molar-refractivity contribution >= 4 is 29.9 Å². The number of hydroxylamine groups is 3. The van der Waals surface area contributed by atoms with Crippen LogP contribution in [0.5, 0.6) is 5.75 Å². The van der Waals surface area contributed by atoms with Crippen LogP contribution in [0, 0.1) is 5.21 Å². The summed E-state index contributed by atoms with van der Waals surface area (Å²) in [5, 5.41) is 15.8. The number of nitrogens with one attached hydrogen (secondary N) is 1. The van der Waals surface area contributed by atoms with Crippen LogP contribution in [-0.4, -0.2) is 37.5 Å². The third-order valence-electron chi connectivity index (χ3n) is 6.48. The second-order valence-electron chi connectivity index (χ2n) is 8.65. The van der Waals surface area contributed by atoms with Crippen LogP contribution >= 0.6 is 12.4 Å². The predicted molar refractivity (Wildman–Crippen MR) is 122 cm³/mol. The van der Waals surface area contributed by atoms with Gasteiger partial charge in [0.05, 0.1) is 19.0 Å². The number of amides is 1. The maximum atomic E-state index is 13.0. The summed E-state index contributed by atoms with van der Waals surface area (Å²) in [6.45, 7) is 4.84. The molecule has 1 amide bonds. The fourth-order valence-electron chi connectivity index (χ4n) is 5.22. The zero-order valence-corrected chi connectivity index (χ0v) is 18.8. The van der Waals surface area contributed by atoms with Gasteiger partial charge in [0.1, 0.15) is 5.75 Å². The van der Waals surface area contributed by atoms with E-state index in [2.05, 4.69) is 24.1 Å². The van der Waals surface area contributed by atoms with Crippen molar-refractivity contribution in [2.24, 2.45) is 0 Å². The molecule has 6 nitrogen and oxygen atoms in total. The Balaban J connectivity index is 0.00000256. The summed E-state index contributed by atoms with van der Waals surface area (Å²) in [4.78, 5) is 14.6. The number of likely N-dealkylation sites (tertiary alicyclic amines) is 1.